The highest BCUT2D eigenvalue weighted by atomic mass is 15.2. The number of fused-ring (bicyclic) bond motifs is 15. The number of benzene rings is 9. The van der Waals surface area contributed by atoms with Crippen LogP contribution in [-0.2, 0) is 0 Å². The quantitative estimate of drug-likeness (QED) is 0.167. The number of hydrogen-bond acceptors (Lipinski definition) is 2. The van der Waals surface area contributed by atoms with Gasteiger partial charge in [-0.15, -0.1) is 0 Å². The molecule has 0 N–H and O–H groups in total. The lowest BCUT2D eigenvalue weighted by atomic mass is 9.33. The van der Waals surface area contributed by atoms with Crippen molar-refractivity contribution < 1.29 is 0 Å². The lowest BCUT2D eigenvalue weighted by Crippen LogP contribution is -2.61. The van der Waals surface area contributed by atoms with Gasteiger partial charge in [-0.2, -0.15) is 0 Å². The van der Waals surface area contributed by atoms with Crippen LogP contribution in [0.15, 0.2) is 200 Å². The predicted octanol–water partition coefficient (Wildman–Crippen LogP) is 12.0. The minimum atomic E-state index is -0.0479. The summed E-state index contributed by atoms with van der Waals surface area (Å²) >= 11 is 0. The molecule has 14 rings (SSSR count). The molecule has 0 aliphatic carbocycles. The minimum Gasteiger partial charge on any atom is -0.311 e. The Kier molecular flexibility index (Phi) is 6.07. The third kappa shape index (κ3) is 3.94. The first-order chi connectivity index (χ1) is 29.3. The van der Waals surface area contributed by atoms with Crippen molar-refractivity contribution in [1.82, 2.24) is 8.97 Å². The third-order valence-electron chi connectivity index (χ3n) is 13.2. The molecule has 0 spiro atoms. The van der Waals surface area contributed by atoms with Gasteiger partial charge in [0.1, 0.15) is 0 Å². The molecule has 5 heteroatoms. The van der Waals surface area contributed by atoms with Gasteiger partial charge in [0.25, 0.3) is 6.71 Å². The molecular weight excluding hydrogens is 715 g/mol. The van der Waals surface area contributed by atoms with Gasteiger partial charge >= 0.3 is 0 Å². The minimum absolute atomic E-state index is 0.0479. The molecule has 2 aliphatic heterocycles. The summed E-state index contributed by atoms with van der Waals surface area (Å²) in [6, 6.07) is 74.1. The van der Waals surface area contributed by atoms with Crippen LogP contribution in [0.4, 0.5) is 34.1 Å². The molecule has 59 heavy (non-hydrogen) atoms. The van der Waals surface area contributed by atoms with Crippen LogP contribution in [0.25, 0.3) is 65.6 Å². The highest BCUT2D eigenvalue weighted by Gasteiger charge is 2.46. The van der Waals surface area contributed by atoms with Crippen molar-refractivity contribution in [3.8, 4) is 5.69 Å². The molecule has 3 aromatic heterocycles. The summed E-state index contributed by atoms with van der Waals surface area (Å²) < 4.78 is 5.01. The highest BCUT2D eigenvalue weighted by molar-refractivity contribution is 7.01. The molecule has 5 heterocycles. The van der Waals surface area contributed by atoms with Crippen LogP contribution >= 0.6 is 0 Å². The van der Waals surface area contributed by atoms with E-state index in [2.05, 4.69) is 219 Å². The van der Waals surface area contributed by atoms with Crippen LogP contribution in [0, 0.1) is 0 Å². The second-order valence-corrected chi connectivity index (χ2v) is 16.0. The zero-order valence-corrected chi connectivity index (χ0v) is 31.9. The van der Waals surface area contributed by atoms with E-state index >= 15 is 0 Å². The van der Waals surface area contributed by atoms with Crippen molar-refractivity contribution in [2.45, 2.75) is 0 Å². The molecule has 0 unspecified atom stereocenters. The summed E-state index contributed by atoms with van der Waals surface area (Å²) in [5.74, 6) is 0. The fourth-order valence-corrected chi connectivity index (χ4v) is 11.0. The molecule has 0 fully saturated rings. The number of para-hydroxylation sites is 6. The third-order valence-corrected chi connectivity index (χ3v) is 13.2. The van der Waals surface area contributed by atoms with Crippen LogP contribution in [-0.4, -0.2) is 15.7 Å². The van der Waals surface area contributed by atoms with Crippen molar-refractivity contribution in [1.29, 1.82) is 0 Å². The molecule has 0 radical (unpaired) electrons. The summed E-state index contributed by atoms with van der Waals surface area (Å²) in [5, 5.41) is 7.66. The van der Waals surface area contributed by atoms with Gasteiger partial charge in [0.15, 0.2) is 0 Å². The lowest BCUT2D eigenvalue weighted by Gasteiger charge is -2.44. The van der Waals surface area contributed by atoms with Crippen LogP contribution < -0.4 is 26.2 Å². The average molecular weight is 749 g/mol. The van der Waals surface area contributed by atoms with Crippen molar-refractivity contribution in [3.05, 3.63) is 200 Å². The van der Waals surface area contributed by atoms with E-state index in [4.69, 9.17) is 0 Å². The smallest absolute Gasteiger partial charge is 0.252 e. The average Bonchev–Trinajstić information content (AvgIpc) is 3.95. The zero-order valence-electron chi connectivity index (χ0n) is 31.9. The molecule has 12 aromatic rings. The van der Waals surface area contributed by atoms with Gasteiger partial charge in [0, 0.05) is 60.8 Å². The molecule has 0 bridgehead atoms. The van der Waals surface area contributed by atoms with Crippen molar-refractivity contribution in [3.63, 3.8) is 0 Å². The molecule has 0 amide bonds. The number of anilines is 6. The summed E-state index contributed by atoms with van der Waals surface area (Å²) in [4.78, 5) is 5.12. The molecule has 4 nitrogen and oxygen atoms in total. The first-order valence-electron chi connectivity index (χ1n) is 20.5. The molecule has 9 aromatic carbocycles. The largest absolute Gasteiger partial charge is 0.311 e. The first-order valence-corrected chi connectivity index (χ1v) is 20.5. The fourth-order valence-electron chi connectivity index (χ4n) is 11.0. The maximum Gasteiger partial charge on any atom is 0.252 e. The maximum atomic E-state index is 2.57. The van der Waals surface area contributed by atoms with E-state index in [1.807, 2.05) is 0 Å². The van der Waals surface area contributed by atoms with E-state index in [9.17, 15) is 0 Å². The maximum absolute atomic E-state index is 2.57. The van der Waals surface area contributed by atoms with Gasteiger partial charge in [-0.3, -0.25) is 0 Å². The SMILES string of the molecule is c1ccc(N2c3cccc4c3B(c3cc5c6ccccc6n6c7ccccc7c(c32)c56)c2ccc3c5ccccc5n(-c5ccccc5)c3c2N4c2ccccc2)cc1. The van der Waals surface area contributed by atoms with E-state index in [0.29, 0.717) is 0 Å². The summed E-state index contributed by atoms with van der Waals surface area (Å²) in [7, 11) is 0. The van der Waals surface area contributed by atoms with Crippen molar-refractivity contribution in [2.75, 3.05) is 9.80 Å². The Hall–Kier alpha value is -7.76. The normalized spacial score (nSPS) is 13.3. The van der Waals surface area contributed by atoms with Crippen LogP contribution in [0.5, 0.6) is 0 Å². The molecule has 0 atom stereocenters. The van der Waals surface area contributed by atoms with Gasteiger partial charge in [-0.1, -0.05) is 133 Å². The molecule has 2 aliphatic rings. The second kappa shape index (κ2) is 11.4. The summed E-state index contributed by atoms with van der Waals surface area (Å²) in [6.45, 7) is -0.0479. The molecule has 0 saturated carbocycles. The van der Waals surface area contributed by atoms with Crippen molar-refractivity contribution >= 4 is 117 Å². The van der Waals surface area contributed by atoms with E-state index in [1.165, 1.54) is 99.0 Å². The van der Waals surface area contributed by atoms with Crippen LogP contribution in [0.1, 0.15) is 0 Å². The van der Waals surface area contributed by atoms with Gasteiger partial charge < -0.3 is 18.8 Å². The molecule has 272 valence electrons. The topological polar surface area (TPSA) is 15.8 Å². The van der Waals surface area contributed by atoms with Gasteiger partial charge in [0.2, 0.25) is 0 Å². The van der Waals surface area contributed by atoms with E-state index in [1.54, 1.807) is 0 Å². The Labute approximate surface area is 340 Å². The monoisotopic (exact) mass is 748 g/mol. The Bertz CT molecular complexity index is 3680. The molecule has 0 saturated heterocycles. The van der Waals surface area contributed by atoms with Crippen LogP contribution in [0.3, 0.4) is 0 Å². The number of hydrogen-bond donors (Lipinski definition) is 0. The van der Waals surface area contributed by atoms with Gasteiger partial charge in [-0.05, 0) is 83.1 Å². The van der Waals surface area contributed by atoms with Crippen molar-refractivity contribution in [2.24, 2.45) is 0 Å². The van der Waals surface area contributed by atoms with Gasteiger partial charge in [-0.25, -0.2) is 0 Å². The van der Waals surface area contributed by atoms with E-state index in [-0.39, 0.29) is 6.71 Å². The van der Waals surface area contributed by atoms with E-state index in [0.717, 1.165) is 17.1 Å². The number of nitrogens with zero attached hydrogens (tertiary/aromatic N) is 4. The Balaban J connectivity index is 1.21. The predicted molar refractivity (Wildman–Crippen MR) is 249 cm³/mol. The second-order valence-electron chi connectivity index (χ2n) is 16.0. The fraction of sp³-hybridized carbons (Fsp3) is 0. The number of aromatic nitrogens is 2. The summed E-state index contributed by atoms with van der Waals surface area (Å²) in [6.07, 6.45) is 0. The van der Waals surface area contributed by atoms with Gasteiger partial charge in [0.05, 0.1) is 39.0 Å². The highest BCUT2D eigenvalue weighted by Crippen LogP contribution is 2.51. The summed E-state index contributed by atoms with van der Waals surface area (Å²) in [5.41, 5.74) is 18.5. The first kappa shape index (κ1) is 31.3. The van der Waals surface area contributed by atoms with E-state index < -0.39 is 0 Å². The standard InChI is InChI=1S/C54H33BN4/c1-4-17-34(18-5-1)56-44-26-13-10-23-37(44)39-31-32-42-54(52(39)56)58(36-21-8-3-9-22-36)48-30-16-29-47-50(48)55(42)43-33-41-38-24-11-14-27-45(38)59-46-28-15-12-25-40(46)49(51(41)59)53(43)57(47)35-19-6-2-7-20-35/h1-33H. The Morgan fingerprint density at radius 3 is 1.53 bits per heavy atom. The number of rotatable bonds is 3. The zero-order chi connectivity index (χ0) is 38.3. The van der Waals surface area contributed by atoms with Crippen LogP contribution in [0.2, 0.25) is 0 Å². The Morgan fingerprint density at radius 2 is 0.864 bits per heavy atom. The molecular formula is C54H33BN4. The Morgan fingerprint density at radius 1 is 0.339 bits per heavy atom. The lowest BCUT2D eigenvalue weighted by molar-refractivity contribution is 1.17.